The minimum Gasteiger partial charge on any atom is -0.508 e. The Morgan fingerprint density at radius 2 is 1.95 bits per heavy atom. The van der Waals surface area contributed by atoms with E-state index < -0.39 is 5.82 Å². The maximum atomic E-state index is 13.9. The van der Waals surface area contributed by atoms with Gasteiger partial charge in [-0.05, 0) is 35.9 Å². The highest BCUT2D eigenvalue weighted by Crippen LogP contribution is 2.37. The van der Waals surface area contributed by atoms with Gasteiger partial charge in [0.2, 0.25) is 0 Å². The molecule has 0 aliphatic carbocycles. The fourth-order valence-electron chi connectivity index (χ4n) is 2.07. The van der Waals surface area contributed by atoms with E-state index in [4.69, 9.17) is 12.2 Å². The van der Waals surface area contributed by atoms with Gasteiger partial charge in [0.15, 0.2) is 4.32 Å². The number of carbonyl (C=O) groups excluding carboxylic acids is 1. The zero-order chi connectivity index (χ0) is 15.7. The summed E-state index contributed by atoms with van der Waals surface area (Å²) >= 11 is 6.30. The number of hydrogen-bond acceptors (Lipinski definition) is 4. The van der Waals surface area contributed by atoms with Gasteiger partial charge in [-0.2, -0.15) is 0 Å². The number of phenolic OH excluding ortho intramolecular Hbond substituents is 1. The highest BCUT2D eigenvalue weighted by atomic mass is 32.2. The van der Waals surface area contributed by atoms with Crippen molar-refractivity contribution in [3.8, 4) is 5.75 Å². The van der Waals surface area contributed by atoms with Gasteiger partial charge in [-0.1, -0.05) is 48.2 Å². The lowest BCUT2D eigenvalue weighted by atomic mass is 10.2. The number of thiocarbonyl (C=S) groups is 1. The van der Waals surface area contributed by atoms with Crippen LogP contribution < -0.4 is 4.90 Å². The summed E-state index contributed by atoms with van der Waals surface area (Å²) in [5.74, 6) is -0.765. The zero-order valence-corrected chi connectivity index (χ0v) is 12.8. The number of hydrogen-bond donors (Lipinski definition) is 1. The fourth-order valence-corrected chi connectivity index (χ4v) is 3.36. The van der Waals surface area contributed by atoms with Crippen molar-refractivity contribution in [1.82, 2.24) is 0 Å². The monoisotopic (exact) mass is 331 g/mol. The van der Waals surface area contributed by atoms with E-state index in [1.54, 1.807) is 36.4 Å². The molecule has 3 nitrogen and oxygen atoms in total. The molecular formula is C16H10FNO2S2. The number of para-hydroxylation sites is 1. The Bertz CT molecular complexity index is 804. The Balaban J connectivity index is 1.97. The van der Waals surface area contributed by atoms with Crippen LogP contribution in [0.2, 0.25) is 0 Å². The van der Waals surface area contributed by atoms with Gasteiger partial charge in [0.1, 0.15) is 11.6 Å². The first-order chi connectivity index (χ1) is 10.6. The van der Waals surface area contributed by atoms with Crippen LogP contribution in [0.1, 0.15) is 5.56 Å². The number of amides is 1. The maximum absolute atomic E-state index is 13.9. The van der Waals surface area contributed by atoms with Gasteiger partial charge in [-0.15, -0.1) is 0 Å². The average Bonchev–Trinajstić information content (AvgIpc) is 2.74. The first-order valence-corrected chi connectivity index (χ1v) is 7.60. The number of carbonyl (C=O) groups is 1. The van der Waals surface area contributed by atoms with E-state index in [0.717, 1.165) is 11.8 Å². The van der Waals surface area contributed by atoms with Crippen LogP contribution in [0.5, 0.6) is 5.75 Å². The Hall–Kier alpha value is -2.18. The molecule has 0 bridgehead atoms. The molecule has 1 saturated heterocycles. The van der Waals surface area contributed by atoms with Crippen molar-refractivity contribution in [3.63, 3.8) is 0 Å². The van der Waals surface area contributed by atoms with Crippen LogP contribution in [0.15, 0.2) is 53.4 Å². The lowest BCUT2D eigenvalue weighted by Crippen LogP contribution is -2.28. The molecule has 0 saturated carbocycles. The van der Waals surface area contributed by atoms with Crippen molar-refractivity contribution < 1.29 is 14.3 Å². The summed E-state index contributed by atoms with van der Waals surface area (Å²) in [6, 6.07) is 12.5. The van der Waals surface area contributed by atoms with Crippen LogP contribution in [0.3, 0.4) is 0 Å². The van der Waals surface area contributed by atoms with Crippen LogP contribution >= 0.6 is 24.0 Å². The quantitative estimate of drug-likeness (QED) is 0.668. The highest BCUT2D eigenvalue weighted by molar-refractivity contribution is 8.27. The van der Waals surface area contributed by atoms with Crippen molar-refractivity contribution in [2.45, 2.75) is 0 Å². The van der Waals surface area contributed by atoms with E-state index >= 15 is 0 Å². The van der Waals surface area contributed by atoms with E-state index in [-0.39, 0.29) is 21.7 Å². The third-order valence-electron chi connectivity index (χ3n) is 3.06. The number of thioether (sulfide) groups is 1. The molecule has 0 unspecified atom stereocenters. The minimum atomic E-state index is -0.502. The van der Waals surface area contributed by atoms with E-state index in [2.05, 4.69) is 0 Å². The standard InChI is InChI=1S/C16H10FNO2S2/c17-12-6-1-2-7-13(12)18-15(20)14(22-16(18)21)9-10-4-3-5-11(19)8-10/h1-9,19H/b14-9-. The predicted molar refractivity (Wildman–Crippen MR) is 90.2 cm³/mol. The number of nitrogens with zero attached hydrogens (tertiary/aromatic N) is 1. The second kappa shape index (κ2) is 5.90. The molecule has 110 valence electrons. The number of aromatic hydroxyl groups is 1. The summed E-state index contributed by atoms with van der Waals surface area (Å²) in [5.41, 5.74) is 0.818. The number of benzene rings is 2. The predicted octanol–water partition coefficient (Wildman–Crippen LogP) is 3.94. The normalized spacial score (nSPS) is 16.6. The smallest absolute Gasteiger partial charge is 0.270 e. The van der Waals surface area contributed by atoms with Crippen molar-refractivity contribution in [3.05, 3.63) is 64.8 Å². The molecular weight excluding hydrogens is 321 g/mol. The topological polar surface area (TPSA) is 40.5 Å². The van der Waals surface area contributed by atoms with Gasteiger partial charge >= 0.3 is 0 Å². The van der Waals surface area contributed by atoms with Crippen molar-refractivity contribution in [1.29, 1.82) is 0 Å². The Morgan fingerprint density at radius 3 is 2.68 bits per heavy atom. The molecule has 1 heterocycles. The Kier molecular flexibility index (Phi) is 3.96. The van der Waals surface area contributed by atoms with Crippen LogP contribution in [-0.2, 0) is 4.79 Å². The molecule has 3 rings (SSSR count). The fraction of sp³-hybridized carbons (Fsp3) is 0. The third kappa shape index (κ3) is 2.75. The van der Waals surface area contributed by atoms with Crippen molar-refractivity contribution in [2.24, 2.45) is 0 Å². The second-order valence-electron chi connectivity index (χ2n) is 4.56. The van der Waals surface area contributed by atoms with Gasteiger partial charge < -0.3 is 5.11 Å². The molecule has 1 amide bonds. The lowest BCUT2D eigenvalue weighted by molar-refractivity contribution is -0.113. The van der Waals surface area contributed by atoms with E-state index in [0.29, 0.717) is 10.5 Å². The molecule has 0 spiro atoms. The Morgan fingerprint density at radius 1 is 1.18 bits per heavy atom. The summed E-state index contributed by atoms with van der Waals surface area (Å²) < 4.78 is 14.2. The average molecular weight is 331 g/mol. The molecule has 1 N–H and O–H groups in total. The molecule has 0 atom stereocenters. The largest absolute Gasteiger partial charge is 0.508 e. The zero-order valence-electron chi connectivity index (χ0n) is 11.2. The lowest BCUT2D eigenvalue weighted by Gasteiger charge is -2.14. The van der Waals surface area contributed by atoms with E-state index in [1.807, 2.05) is 0 Å². The first kappa shape index (κ1) is 14.7. The van der Waals surface area contributed by atoms with Crippen molar-refractivity contribution >= 4 is 46.0 Å². The molecule has 1 aliphatic heterocycles. The van der Waals surface area contributed by atoms with Crippen LogP contribution in [0.4, 0.5) is 10.1 Å². The van der Waals surface area contributed by atoms with Crippen LogP contribution in [0.25, 0.3) is 6.08 Å². The van der Waals surface area contributed by atoms with E-state index in [1.165, 1.54) is 23.1 Å². The van der Waals surface area contributed by atoms with Crippen LogP contribution in [0, 0.1) is 5.82 Å². The summed E-state index contributed by atoms with van der Waals surface area (Å²) in [6.45, 7) is 0. The maximum Gasteiger partial charge on any atom is 0.270 e. The van der Waals surface area contributed by atoms with Gasteiger partial charge in [-0.25, -0.2) is 4.39 Å². The molecule has 22 heavy (non-hydrogen) atoms. The minimum absolute atomic E-state index is 0.110. The van der Waals surface area contributed by atoms with Gasteiger partial charge in [-0.3, -0.25) is 9.69 Å². The van der Waals surface area contributed by atoms with Gasteiger partial charge in [0.05, 0.1) is 10.6 Å². The summed E-state index contributed by atoms with van der Waals surface area (Å²) in [7, 11) is 0. The van der Waals surface area contributed by atoms with Crippen LogP contribution in [-0.4, -0.2) is 15.3 Å². The summed E-state index contributed by atoms with van der Waals surface area (Å²) in [5, 5.41) is 9.46. The number of rotatable bonds is 2. The molecule has 0 radical (unpaired) electrons. The Labute approximate surface area is 136 Å². The molecule has 0 aromatic heterocycles. The van der Waals surface area contributed by atoms with E-state index in [9.17, 15) is 14.3 Å². The molecule has 1 aliphatic rings. The second-order valence-corrected chi connectivity index (χ2v) is 6.24. The van der Waals surface area contributed by atoms with Gasteiger partial charge in [0.25, 0.3) is 5.91 Å². The third-order valence-corrected chi connectivity index (χ3v) is 4.36. The summed E-state index contributed by atoms with van der Waals surface area (Å²) in [6.07, 6.45) is 1.62. The van der Waals surface area contributed by atoms with Crippen molar-refractivity contribution in [2.75, 3.05) is 4.90 Å². The highest BCUT2D eigenvalue weighted by Gasteiger charge is 2.34. The first-order valence-electron chi connectivity index (χ1n) is 6.38. The summed E-state index contributed by atoms with van der Waals surface area (Å²) in [4.78, 5) is 14.1. The molecule has 1 fully saturated rings. The molecule has 2 aromatic carbocycles. The number of phenols is 1. The number of anilines is 1. The number of halogens is 1. The SMILES string of the molecule is O=C1/C(=C/c2cccc(O)c2)SC(=S)N1c1ccccc1F. The molecule has 2 aromatic rings. The molecule has 6 heteroatoms. The van der Waals surface area contributed by atoms with Gasteiger partial charge in [0, 0.05) is 0 Å².